The number of nitro benzene ring substituents is 1. The van der Waals surface area contributed by atoms with Gasteiger partial charge in [-0.05, 0) is 24.9 Å². The van der Waals surface area contributed by atoms with Crippen molar-refractivity contribution in [1.29, 1.82) is 0 Å². The van der Waals surface area contributed by atoms with Gasteiger partial charge in [0.05, 0.1) is 4.92 Å². The van der Waals surface area contributed by atoms with Crippen molar-refractivity contribution in [1.82, 2.24) is 5.32 Å². The summed E-state index contributed by atoms with van der Waals surface area (Å²) in [6.45, 7) is 5.29. The van der Waals surface area contributed by atoms with E-state index >= 15 is 0 Å². The lowest BCUT2D eigenvalue weighted by molar-refractivity contribution is -0.384. The van der Waals surface area contributed by atoms with Crippen molar-refractivity contribution in [2.75, 3.05) is 6.54 Å². The van der Waals surface area contributed by atoms with Crippen LogP contribution in [0.1, 0.15) is 57.6 Å². The summed E-state index contributed by atoms with van der Waals surface area (Å²) in [4.78, 5) is 10.5. The normalized spacial score (nSPS) is 12.3. The molecule has 0 aromatic heterocycles. The van der Waals surface area contributed by atoms with Gasteiger partial charge in [0.2, 0.25) is 0 Å². The molecular formula is C15H24N2O2. The molecular weight excluding hydrogens is 240 g/mol. The smallest absolute Gasteiger partial charge is 0.269 e. The second-order valence-corrected chi connectivity index (χ2v) is 4.85. The monoisotopic (exact) mass is 264 g/mol. The Morgan fingerprint density at radius 3 is 2.68 bits per heavy atom. The number of nitro groups is 1. The Kier molecular flexibility index (Phi) is 7.11. The molecule has 0 amide bonds. The molecule has 106 valence electrons. The van der Waals surface area contributed by atoms with Crippen LogP contribution in [0.2, 0.25) is 0 Å². The number of benzene rings is 1. The van der Waals surface area contributed by atoms with E-state index in [-0.39, 0.29) is 16.7 Å². The molecule has 0 bridgehead atoms. The molecule has 4 heteroatoms. The zero-order valence-electron chi connectivity index (χ0n) is 11.9. The third kappa shape index (κ3) is 5.39. The van der Waals surface area contributed by atoms with Crippen molar-refractivity contribution in [2.45, 2.75) is 52.0 Å². The number of nitrogens with one attached hydrogen (secondary N) is 1. The van der Waals surface area contributed by atoms with Crippen molar-refractivity contribution in [2.24, 2.45) is 0 Å². The van der Waals surface area contributed by atoms with Gasteiger partial charge in [0.1, 0.15) is 0 Å². The first-order valence-electron chi connectivity index (χ1n) is 7.16. The molecule has 1 N–H and O–H groups in total. The van der Waals surface area contributed by atoms with Crippen molar-refractivity contribution in [3.8, 4) is 0 Å². The van der Waals surface area contributed by atoms with Crippen LogP contribution in [0, 0.1) is 10.1 Å². The maximum absolute atomic E-state index is 10.8. The van der Waals surface area contributed by atoms with Gasteiger partial charge in [-0.2, -0.15) is 0 Å². The van der Waals surface area contributed by atoms with E-state index in [0.717, 1.165) is 31.4 Å². The molecule has 0 spiro atoms. The van der Waals surface area contributed by atoms with Gasteiger partial charge >= 0.3 is 0 Å². The van der Waals surface area contributed by atoms with Crippen molar-refractivity contribution in [3.05, 3.63) is 39.9 Å². The van der Waals surface area contributed by atoms with Crippen LogP contribution in [0.4, 0.5) is 5.69 Å². The fourth-order valence-corrected chi connectivity index (χ4v) is 2.18. The van der Waals surface area contributed by atoms with Crippen LogP contribution in [0.25, 0.3) is 0 Å². The summed E-state index contributed by atoms with van der Waals surface area (Å²) in [7, 11) is 0. The van der Waals surface area contributed by atoms with Crippen molar-refractivity contribution < 1.29 is 4.92 Å². The van der Waals surface area contributed by atoms with E-state index in [1.165, 1.54) is 12.8 Å². The molecule has 1 atom stereocenters. The Bertz CT molecular complexity index is 393. The lowest BCUT2D eigenvalue weighted by Crippen LogP contribution is -2.22. The van der Waals surface area contributed by atoms with Gasteiger partial charge in [-0.25, -0.2) is 0 Å². The molecule has 1 aromatic carbocycles. The lowest BCUT2D eigenvalue weighted by atomic mass is 10.0. The van der Waals surface area contributed by atoms with E-state index in [1.54, 1.807) is 18.2 Å². The zero-order chi connectivity index (χ0) is 14.1. The predicted octanol–water partition coefficient (Wildman–Crippen LogP) is 4.22. The number of non-ortho nitro benzene ring substituents is 1. The lowest BCUT2D eigenvalue weighted by Gasteiger charge is -2.18. The van der Waals surface area contributed by atoms with Gasteiger partial charge in [-0.3, -0.25) is 10.1 Å². The molecule has 0 aliphatic rings. The Morgan fingerprint density at radius 1 is 1.26 bits per heavy atom. The van der Waals surface area contributed by atoms with Crippen molar-refractivity contribution in [3.63, 3.8) is 0 Å². The molecule has 1 rings (SSSR count). The Labute approximate surface area is 115 Å². The van der Waals surface area contributed by atoms with E-state index in [9.17, 15) is 10.1 Å². The summed E-state index contributed by atoms with van der Waals surface area (Å²) in [5, 5.41) is 14.3. The molecule has 0 saturated carbocycles. The number of nitrogens with zero attached hydrogens (tertiary/aromatic N) is 1. The fourth-order valence-electron chi connectivity index (χ4n) is 2.18. The number of unbranched alkanes of at least 4 members (excludes halogenated alkanes) is 2. The second-order valence-electron chi connectivity index (χ2n) is 4.85. The van der Waals surface area contributed by atoms with E-state index in [4.69, 9.17) is 0 Å². The van der Waals surface area contributed by atoms with Gasteiger partial charge < -0.3 is 5.32 Å². The standard InChI is InChI=1S/C15H24N2O2/c1-3-5-6-11-16-15(8-4-2)13-9-7-10-14(12-13)17(18)19/h7,9-10,12,15-16H,3-6,8,11H2,1-2H3. The first-order chi connectivity index (χ1) is 9.19. The summed E-state index contributed by atoms with van der Waals surface area (Å²) in [5.41, 5.74) is 1.20. The molecule has 0 heterocycles. The van der Waals surface area contributed by atoms with E-state index in [2.05, 4.69) is 19.2 Å². The predicted molar refractivity (Wildman–Crippen MR) is 78.3 cm³/mol. The summed E-state index contributed by atoms with van der Waals surface area (Å²) in [6, 6.07) is 7.20. The fraction of sp³-hybridized carbons (Fsp3) is 0.600. The highest BCUT2D eigenvalue weighted by Crippen LogP contribution is 2.22. The van der Waals surface area contributed by atoms with E-state index in [0.29, 0.717) is 0 Å². The first kappa shape index (κ1) is 15.6. The zero-order valence-corrected chi connectivity index (χ0v) is 11.9. The third-order valence-electron chi connectivity index (χ3n) is 3.23. The van der Waals surface area contributed by atoms with Gasteiger partial charge in [-0.1, -0.05) is 45.2 Å². The highest BCUT2D eigenvalue weighted by Gasteiger charge is 2.13. The Balaban J connectivity index is 2.68. The highest BCUT2D eigenvalue weighted by atomic mass is 16.6. The first-order valence-corrected chi connectivity index (χ1v) is 7.16. The molecule has 0 aliphatic carbocycles. The van der Waals surface area contributed by atoms with E-state index < -0.39 is 0 Å². The topological polar surface area (TPSA) is 55.2 Å². The SMILES string of the molecule is CCCCCNC(CCC)c1cccc([N+](=O)[O-])c1. The molecule has 19 heavy (non-hydrogen) atoms. The van der Waals surface area contributed by atoms with E-state index in [1.807, 2.05) is 6.07 Å². The average molecular weight is 264 g/mol. The maximum Gasteiger partial charge on any atom is 0.269 e. The Hall–Kier alpha value is -1.42. The minimum absolute atomic E-state index is 0.175. The summed E-state index contributed by atoms with van der Waals surface area (Å²) in [5.74, 6) is 0. The molecule has 1 unspecified atom stereocenters. The second kappa shape index (κ2) is 8.64. The summed E-state index contributed by atoms with van der Waals surface area (Å²) >= 11 is 0. The largest absolute Gasteiger partial charge is 0.310 e. The van der Waals surface area contributed by atoms with Gasteiger partial charge in [0, 0.05) is 18.2 Å². The average Bonchev–Trinajstić information content (AvgIpc) is 2.42. The van der Waals surface area contributed by atoms with Crippen LogP contribution < -0.4 is 5.32 Å². The molecule has 0 fully saturated rings. The van der Waals surface area contributed by atoms with Crippen molar-refractivity contribution >= 4 is 5.69 Å². The number of rotatable bonds is 9. The molecule has 1 aromatic rings. The van der Waals surface area contributed by atoms with Crippen LogP contribution in [0.3, 0.4) is 0 Å². The quantitative estimate of drug-likeness (QED) is 0.413. The van der Waals surface area contributed by atoms with Gasteiger partial charge in [-0.15, -0.1) is 0 Å². The Morgan fingerprint density at radius 2 is 2.05 bits per heavy atom. The molecule has 0 radical (unpaired) electrons. The van der Waals surface area contributed by atoms with Gasteiger partial charge in [0.25, 0.3) is 5.69 Å². The van der Waals surface area contributed by atoms with Crippen LogP contribution in [-0.2, 0) is 0 Å². The highest BCUT2D eigenvalue weighted by molar-refractivity contribution is 5.35. The third-order valence-corrected chi connectivity index (χ3v) is 3.23. The minimum atomic E-state index is -0.330. The maximum atomic E-state index is 10.8. The van der Waals surface area contributed by atoms with Crippen LogP contribution in [0.5, 0.6) is 0 Å². The van der Waals surface area contributed by atoms with Gasteiger partial charge in [0.15, 0.2) is 0 Å². The summed E-state index contributed by atoms with van der Waals surface area (Å²) < 4.78 is 0. The summed E-state index contributed by atoms with van der Waals surface area (Å²) in [6.07, 6.45) is 5.66. The molecule has 0 aliphatic heterocycles. The number of hydrogen-bond acceptors (Lipinski definition) is 3. The van der Waals surface area contributed by atoms with Crippen LogP contribution >= 0.6 is 0 Å². The molecule has 4 nitrogen and oxygen atoms in total. The van der Waals surface area contributed by atoms with Crippen LogP contribution in [-0.4, -0.2) is 11.5 Å². The minimum Gasteiger partial charge on any atom is -0.310 e. The van der Waals surface area contributed by atoms with Crippen LogP contribution in [0.15, 0.2) is 24.3 Å². The number of hydrogen-bond donors (Lipinski definition) is 1. The molecule has 0 saturated heterocycles.